The van der Waals surface area contributed by atoms with Gasteiger partial charge in [0.15, 0.2) is 0 Å². The van der Waals surface area contributed by atoms with Crippen molar-refractivity contribution in [1.82, 2.24) is 9.62 Å². The van der Waals surface area contributed by atoms with Crippen molar-refractivity contribution in [2.45, 2.75) is 23.8 Å². The predicted octanol–water partition coefficient (Wildman–Crippen LogP) is 2.97. The zero-order valence-electron chi connectivity index (χ0n) is 15.3. The van der Waals surface area contributed by atoms with E-state index >= 15 is 0 Å². The largest absolute Gasteiger partial charge is 0.496 e. The maximum atomic E-state index is 12.9. The Balaban J connectivity index is 1.87. The van der Waals surface area contributed by atoms with Crippen LogP contribution in [0.3, 0.4) is 0 Å². The van der Waals surface area contributed by atoms with Gasteiger partial charge in [0.2, 0.25) is 10.0 Å². The van der Waals surface area contributed by atoms with Crippen LogP contribution in [0.25, 0.3) is 0 Å². The molecule has 2 aromatic rings. The van der Waals surface area contributed by atoms with Gasteiger partial charge in [-0.3, -0.25) is 0 Å². The van der Waals surface area contributed by atoms with Crippen molar-refractivity contribution < 1.29 is 17.9 Å². The number of likely N-dealkylation sites (tertiary alicyclic amines) is 1. The minimum Gasteiger partial charge on any atom is -0.496 e. The Morgan fingerprint density at radius 1 is 1.15 bits per heavy atom. The van der Waals surface area contributed by atoms with E-state index in [1.807, 2.05) is 24.3 Å². The number of methoxy groups -OCH3 is 1. The fraction of sp³-hybridized carbons (Fsp3) is 0.316. The van der Waals surface area contributed by atoms with Crippen LogP contribution in [0.4, 0.5) is 10.5 Å². The minimum atomic E-state index is -3.68. The molecule has 1 saturated heterocycles. The highest BCUT2D eigenvalue weighted by Crippen LogP contribution is 2.37. The molecule has 2 aromatic carbocycles. The van der Waals surface area contributed by atoms with Gasteiger partial charge in [-0.25, -0.2) is 17.9 Å². The topological polar surface area (TPSA) is 87.7 Å². The smallest absolute Gasteiger partial charge is 0.322 e. The lowest BCUT2D eigenvalue weighted by Gasteiger charge is -2.27. The van der Waals surface area contributed by atoms with Gasteiger partial charge in [0.05, 0.1) is 18.8 Å². The van der Waals surface area contributed by atoms with E-state index in [-0.39, 0.29) is 22.7 Å². The highest BCUT2D eigenvalue weighted by molar-refractivity contribution is 7.89. The average molecular weight is 389 g/mol. The third kappa shape index (κ3) is 3.91. The summed E-state index contributed by atoms with van der Waals surface area (Å²) in [7, 11) is -0.730. The van der Waals surface area contributed by atoms with E-state index in [2.05, 4.69) is 10.0 Å². The van der Waals surface area contributed by atoms with Crippen molar-refractivity contribution in [2.75, 3.05) is 26.0 Å². The average Bonchev–Trinajstić information content (AvgIpc) is 3.18. The summed E-state index contributed by atoms with van der Waals surface area (Å²) >= 11 is 0. The van der Waals surface area contributed by atoms with Gasteiger partial charge in [0.1, 0.15) is 10.6 Å². The number of sulfonamides is 1. The molecule has 144 valence electrons. The molecule has 1 fully saturated rings. The highest BCUT2D eigenvalue weighted by Gasteiger charge is 2.32. The number of hydrogen-bond acceptors (Lipinski definition) is 4. The quantitative estimate of drug-likeness (QED) is 0.823. The maximum Gasteiger partial charge on any atom is 0.322 e. The number of amides is 2. The van der Waals surface area contributed by atoms with E-state index in [1.165, 1.54) is 13.1 Å². The molecule has 7 nitrogen and oxygen atoms in total. The second kappa shape index (κ2) is 7.98. The number of nitrogens with one attached hydrogen (secondary N) is 2. The van der Waals surface area contributed by atoms with Crippen LogP contribution < -0.4 is 14.8 Å². The van der Waals surface area contributed by atoms with Crippen molar-refractivity contribution in [2.24, 2.45) is 0 Å². The van der Waals surface area contributed by atoms with Crippen molar-refractivity contribution in [1.29, 1.82) is 0 Å². The number of anilines is 1. The molecule has 0 aromatic heterocycles. The van der Waals surface area contributed by atoms with Gasteiger partial charge in [0, 0.05) is 12.1 Å². The second-order valence-corrected chi connectivity index (χ2v) is 8.08. The normalized spacial score (nSPS) is 17.0. The first-order chi connectivity index (χ1) is 13.0. The van der Waals surface area contributed by atoms with E-state index in [4.69, 9.17) is 4.74 Å². The Morgan fingerprint density at radius 3 is 2.59 bits per heavy atom. The maximum absolute atomic E-state index is 12.9. The van der Waals surface area contributed by atoms with Gasteiger partial charge >= 0.3 is 6.03 Å². The van der Waals surface area contributed by atoms with Gasteiger partial charge in [-0.2, -0.15) is 0 Å². The Morgan fingerprint density at radius 2 is 1.85 bits per heavy atom. The van der Waals surface area contributed by atoms with Crippen molar-refractivity contribution in [3.8, 4) is 5.75 Å². The number of benzene rings is 2. The van der Waals surface area contributed by atoms with Crippen molar-refractivity contribution in [3.63, 3.8) is 0 Å². The summed E-state index contributed by atoms with van der Waals surface area (Å²) in [6, 6.07) is 13.5. The third-order valence-electron chi connectivity index (χ3n) is 4.70. The molecular weight excluding hydrogens is 366 g/mol. The zero-order valence-corrected chi connectivity index (χ0v) is 16.1. The molecule has 0 spiro atoms. The van der Waals surface area contributed by atoms with Crippen LogP contribution in [-0.4, -0.2) is 40.1 Å². The van der Waals surface area contributed by atoms with E-state index in [9.17, 15) is 13.2 Å². The Bertz CT molecular complexity index is 930. The number of carbonyl (C=O) groups is 1. The third-order valence-corrected chi connectivity index (χ3v) is 6.17. The van der Waals surface area contributed by atoms with E-state index in [1.54, 1.807) is 30.2 Å². The van der Waals surface area contributed by atoms with Crippen molar-refractivity contribution in [3.05, 3.63) is 54.1 Å². The van der Waals surface area contributed by atoms with E-state index < -0.39 is 10.0 Å². The number of nitrogens with zero attached hydrogens (tertiary/aromatic N) is 1. The molecule has 27 heavy (non-hydrogen) atoms. The van der Waals surface area contributed by atoms with Crippen LogP contribution in [0.5, 0.6) is 5.75 Å². The summed E-state index contributed by atoms with van der Waals surface area (Å²) in [5, 5.41) is 2.76. The number of para-hydroxylation sites is 2. The summed E-state index contributed by atoms with van der Waals surface area (Å²) in [5.41, 5.74) is 1.20. The van der Waals surface area contributed by atoms with E-state index in [0.717, 1.165) is 24.2 Å². The molecule has 0 aliphatic carbocycles. The minimum absolute atomic E-state index is 0.0360. The summed E-state index contributed by atoms with van der Waals surface area (Å²) in [6.07, 6.45) is 1.69. The summed E-state index contributed by atoms with van der Waals surface area (Å²) in [4.78, 5) is 14.7. The highest BCUT2D eigenvalue weighted by atomic mass is 32.2. The first kappa shape index (κ1) is 19.2. The van der Waals surface area contributed by atoms with Crippen LogP contribution in [0.15, 0.2) is 53.4 Å². The molecule has 8 heteroatoms. The lowest BCUT2D eigenvalue weighted by Crippen LogP contribution is -2.35. The van der Waals surface area contributed by atoms with Gasteiger partial charge in [-0.1, -0.05) is 30.3 Å². The lowest BCUT2D eigenvalue weighted by atomic mass is 10.0. The molecule has 1 atom stereocenters. The van der Waals surface area contributed by atoms with Gasteiger partial charge in [-0.15, -0.1) is 0 Å². The first-order valence-electron chi connectivity index (χ1n) is 8.71. The summed E-state index contributed by atoms with van der Waals surface area (Å²) in [6.45, 7) is 0.593. The standard InChI is InChI=1S/C19H23N3O4S/c1-20-27(24,25)18-12-6-4-9-15(18)21-19(23)22-13-7-10-16(22)14-8-3-5-11-17(14)26-2/h3-6,8-9,11-12,16,20H,7,10,13H2,1-2H3,(H,21,23). The Kier molecular flexibility index (Phi) is 5.67. The molecule has 0 radical (unpaired) electrons. The van der Waals surface area contributed by atoms with Crippen molar-refractivity contribution >= 4 is 21.7 Å². The number of hydrogen-bond donors (Lipinski definition) is 2. The van der Waals surface area contributed by atoms with Gasteiger partial charge in [0.25, 0.3) is 0 Å². The van der Waals surface area contributed by atoms with Crippen LogP contribution >= 0.6 is 0 Å². The molecule has 1 aliphatic heterocycles. The fourth-order valence-electron chi connectivity index (χ4n) is 3.38. The van der Waals surface area contributed by atoms with Gasteiger partial charge < -0.3 is 15.0 Å². The molecule has 3 rings (SSSR count). The number of carbonyl (C=O) groups excluding carboxylic acids is 1. The van der Waals surface area contributed by atoms with Crippen LogP contribution in [0.2, 0.25) is 0 Å². The van der Waals surface area contributed by atoms with Crippen LogP contribution in [0.1, 0.15) is 24.4 Å². The summed E-state index contributed by atoms with van der Waals surface area (Å²) < 4.78 is 32.1. The SMILES string of the molecule is CNS(=O)(=O)c1ccccc1NC(=O)N1CCCC1c1ccccc1OC. The number of ether oxygens (including phenoxy) is 1. The lowest BCUT2D eigenvalue weighted by molar-refractivity contribution is 0.206. The number of urea groups is 1. The van der Waals surface area contributed by atoms with E-state index in [0.29, 0.717) is 6.54 Å². The Labute approximate surface area is 159 Å². The van der Waals surface area contributed by atoms with Crippen LogP contribution in [-0.2, 0) is 10.0 Å². The monoisotopic (exact) mass is 389 g/mol. The zero-order chi connectivity index (χ0) is 19.4. The number of rotatable bonds is 5. The molecule has 2 amide bonds. The Hall–Kier alpha value is -2.58. The predicted molar refractivity (Wildman–Crippen MR) is 103 cm³/mol. The molecule has 1 aliphatic rings. The molecule has 2 N–H and O–H groups in total. The fourth-order valence-corrected chi connectivity index (χ4v) is 4.26. The van der Waals surface area contributed by atoms with Crippen LogP contribution in [0, 0.1) is 0 Å². The molecule has 1 heterocycles. The molecular formula is C19H23N3O4S. The molecule has 0 bridgehead atoms. The second-order valence-electron chi connectivity index (χ2n) is 6.23. The van der Waals surface area contributed by atoms with Gasteiger partial charge in [-0.05, 0) is 38.1 Å². The first-order valence-corrected chi connectivity index (χ1v) is 10.2. The summed E-state index contributed by atoms with van der Waals surface area (Å²) in [5.74, 6) is 0.736. The molecule has 1 unspecified atom stereocenters. The molecule has 0 saturated carbocycles.